The predicted molar refractivity (Wildman–Crippen MR) is 100 cm³/mol. The lowest BCUT2D eigenvalue weighted by Crippen LogP contribution is -2.12. The van der Waals surface area contributed by atoms with Gasteiger partial charge in [0.2, 0.25) is 0 Å². The number of aromatic nitrogens is 1. The number of ether oxygens (including phenoxy) is 1. The number of hydrogen-bond donors (Lipinski definition) is 0. The van der Waals surface area contributed by atoms with E-state index in [1.807, 2.05) is 17.0 Å². The van der Waals surface area contributed by atoms with Gasteiger partial charge >= 0.3 is 11.8 Å². The van der Waals surface area contributed by atoms with Crippen molar-refractivity contribution in [1.29, 1.82) is 0 Å². The molecule has 0 unspecified atom stereocenters. The predicted octanol–water partition coefficient (Wildman–Crippen LogP) is 2.83. The van der Waals surface area contributed by atoms with Gasteiger partial charge in [-0.1, -0.05) is 12.2 Å². The number of methoxy groups -OCH3 is 1. The maximum absolute atomic E-state index is 13.8. The van der Waals surface area contributed by atoms with Crippen molar-refractivity contribution in [3.05, 3.63) is 59.1 Å². The van der Waals surface area contributed by atoms with E-state index in [4.69, 9.17) is 4.74 Å². The number of amidine groups is 1. The Morgan fingerprint density at radius 2 is 2.31 bits per heavy atom. The highest BCUT2D eigenvalue weighted by molar-refractivity contribution is 6.05. The molecule has 0 radical (unpaired) electrons. The number of hydrogen-bond acceptors (Lipinski definition) is 3. The van der Waals surface area contributed by atoms with Crippen LogP contribution in [0.3, 0.4) is 0 Å². The van der Waals surface area contributed by atoms with Gasteiger partial charge in [-0.05, 0) is 36.0 Å². The molecule has 0 bridgehead atoms. The van der Waals surface area contributed by atoms with E-state index in [1.165, 1.54) is 24.8 Å². The van der Waals surface area contributed by atoms with Gasteiger partial charge in [-0.3, -0.25) is 0 Å². The van der Waals surface area contributed by atoms with Gasteiger partial charge in [-0.2, -0.15) is 0 Å². The van der Waals surface area contributed by atoms with Gasteiger partial charge in [0.1, 0.15) is 18.6 Å². The molecule has 1 aromatic carbocycles. The molecule has 0 fully saturated rings. The zero-order valence-electron chi connectivity index (χ0n) is 14.3. The summed E-state index contributed by atoms with van der Waals surface area (Å²) >= 11 is 0. The number of allylic oxidation sites excluding steroid dienone is 4. The average molecular weight is 350 g/mol. The quantitative estimate of drug-likeness (QED) is 0.631. The third-order valence-electron chi connectivity index (χ3n) is 4.51. The monoisotopic (exact) mass is 350 g/mol. The molecule has 1 aliphatic carbocycles. The van der Waals surface area contributed by atoms with Crippen molar-refractivity contribution in [2.24, 2.45) is 4.99 Å². The van der Waals surface area contributed by atoms with Crippen LogP contribution in [-0.4, -0.2) is 35.9 Å². The van der Waals surface area contributed by atoms with Crippen LogP contribution in [0.4, 0.5) is 4.39 Å². The molecular weight excluding hydrogens is 333 g/mol. The fraction of sp³-hybridized carbons (Fsp3) is 0.200. The average Bonchev–Trinajstić information content (AvgIpc) is 2.93. The van der Waals surface area contributed by atoms with E-state index in [9.17, 15) is 9.18 Å². The molecule has 1 aliphatic heterocycles. The Bertz CT molecular complexity index is 1070. The summed E-state index contributed by atoms with van der Waals surface area (Å²) in [7, 11) is 1.28. The van der Waals surface area contributed by atoms with Gasteiger partial charge in [-0.25, -0.2) is 13.9 Å². The van der Waals surface area contributed by atoms with Crippen LogP contribution in [0.5, 0.6) is 0 Å². The fourth-order valence-corrected chi connectivity index (χ4v) is 3.24. The van der Waals surface area contributed by atoms with Crippen LogP contribution in [0.2, 0.25) is 0 Å². The number of aliphatic imine (C=N–C) groups is 1. The lowest BCUT2D eigenvalue weighted by Gasteiger charge is -2.06. The Balaban J connectivity index is 1.74. The fourth-order valence-electron chi connectivity index (χ4n) is 3.24. The van der Waals surface area contributed by atoms with Gasteiger partial charge in [-0.15, -0.1) is 0 Å². The van der Waals surface area contributed by atoms with Crippen molar-refractivity contribution in [2.75, 3.05) is 7.11 Å². The summed E-state index contributed by atoms with van der Waals surface area (Å²) in [5, 5.41) is 0.632. The zero-order valence-corrected chi connectivity index (χ0v) is 14.3. The normalized spacial score (nSPS) is 15.8. The molecule has 5 nitrogen and oxygen atoms in total. The third-order valence-corrected chi connectivity index (χ3v) is 4.51. The van der Waals surface area contributed by atoms with E-state index in [0.29, 0.717) is 23.3 Å². The smallest absolute Gasteiger partial charge is 0.409 e. The Morgan fingerprint density at radius 1 is 1.42 bits per heavy atom. The minimum Gasteiger partial charge on any atom is -0.465 e. The Morgan fingerprint density at radius 3 is 3.15 bits per heavy atom. The summed E-state index contributed by atoms with van der Waals surface area (Å²) in [6.45, 7) is 0.371. The lowest BCUT2D eigenvalue weighted by atomic mass is 9.99. The highest BCUT2D eigenvalue weighted by Crippen LogP contribution is 2.23. The first kappa shape index (κ1) is 16.2. The molecule has 2 heterocycles. The van der Waals surface area contributed by atoms with E-state index in [-0.39, 0.29) is 5.56 Å². The number of esters is 1. The first-order valence-electron chi connectivity index (χ1n) is 8.36. The summed E-state index contributed by atoms with van der Waals surface area (Å²) in [4.78, 5) is 16.6. The van der Waals surface area contributed by atoms with Crippen molar-refractivity contribution in [3.8, 4) is 0 Å². The van der Waals surface area contributed by atoms with Crippen molar-refractivity contribution >= 4 is 35.1 Å². The molecule has 0 spiro atoms. The molecule has 0 saturated carbocycles. The molecule has 0 N–H and O–H groups in total. The van der Waals surface area contributed by atoms with Crippen molar-refractivity contribution in [3.63, 3.8) is 0 Å². The van der Waals surface area contributed by atoms with E-state index < -0.39 is 11.8 Å². The Hall–Kier alpha value is -3.24. The number of carbonyl (C=O) groups is 1. The van der Waals surface area contributed by atoms with Gasteiger partial charge in [0.15, 0.2) is 6.21 Å². The molecule has 4 rings (SSSR count). The topological polar surface area (TPSA) is 57.7 Å². The molecule has 2 aromatic rings. The van der Waals surface area contributed by atoms with E-state index in [2.05, 4.69) is 21.8 Å². The van der Waals surface area contributed by atoms with Crippen LogP contribution in [-0.2, 0) is 11.3 Å². The SMILES string of the molecule is COC(=O)c1cc(F)cc2ccn(CC3=[N+]=CC4=C(C=N3)CCC=C4)c12. The molecular formula is C20H17FN3O2+. The number of halogens is 1. The Kier molecular flexibility index (Phi) is 4.11. The van der Waals surface area contributed by atoms with Crippen molar-refractivity contribution in [2.45, 2.75) is 19.4 Å². The van der Waals surface area contributed by atoms with E-state index >= 15 is 0 Å². The number of carbonyl (C=O) groups excluding carboxylic acids is 1. The molecule has 0 saturated heterocycles. The largest absolute Gasteiger partial charge is 0.465 e. The number of nitrogens with zero attached hydrogens (tertiary/aromatic N) is 3. The molecule has 0 amide bonds. The third kappa shape index (κ3) is 2.91. The van der Waals surface area contributed by atoms with Crippen LogP contribution < -0.4 is 4.67 Å². The molecule has 0 atom stereocenters. The second kappa shape index (κ2) is 6.58. The summed E-state index contributed by atoms with van der Waals surface area (Å²) in [5.41, 5.74) is 3.04. The number of rotatable bonds is 3. The molecule has 130 valence electrons. The first-order valence-corrected chi connectivity index (χ1v) is 8.36. The maximum Gasteiger partial charge on any atom is 0.409 e. The summed E-state index contributed by atoms with van der Waals surface area (Å²) in [5.74, 6) is -0.433. The van der Waals surface area contributed by atoms with E-state index in [0.717, 1.165) is 18.4 Å². The molecule has 1 aromatic heterocycles. The van der Waals surface area contributed by atoms with Gasteiger partial charge in [0.05, 0.1) is 18.2 Å². The highest BCUT2D eigenvalue weighted by Gasteiger charge is 2.20. The van der Waals surface area contributed by atoms with Crippen LogP contribution in [0.1, 0.15) is 23.2 Å². The standard InChI is InChI=1S/C20H17FN3O2/c1-26-20(25)17-9-16(21)8-13-6-7-24(19(13)17)12-18-22-10-14-4-2-3-5-15(14)11-23-18/h2,4,6-11H,3,5,12H2,1H3/q+1. The van der Waals surface area contributed by atoms with Gasteiger partial charge < -0.3 is 9.30 Å². The minimum absolute atomic E-state index is 0.190. The van der Waals surface area contributed by atoms with Crippen LogP contribution in [0.25, 0.3) is 10.9 Å². The van der Waals surface area contributed by atoms with Crippen LogP contribution in [0.15, 0.2) is 52.7 Å². The van der Waals surface area contributed by atoms with E-state index in [1.54, 1.807) is 12.3 Å². The minimum atomic E-state index is -0.574. The molecule has 6 heteroatoms. The maximum atomic E-state index is 13.8. The second-order valence-electron chi connectivity index (χ2n) is 6.18. The summed E-state index contributed by atoms with van der Waals surface area (Å²) in [6.07, 6.45) is 11.6. The first-order chi connectivity index (χ1) is 12.7. The summed E-state index contributed by atoms with van der Waals surface area (Å²) in [6, 6.07) is 4.36. The van der Waals surface area contributed by atoms with Gasteiger partial charge in [0.25, 0.3) is 0 Å². The number of benzene rings is 1. The molecule has 2 aliphatic rings. The van der Waals surface area contributed by atoms with Gasteiger partial charge in [0, 0.05) is 22.7 Å². The second-order valence-corrected chi connectivity index (χ2v) is 6.18. The zero-order chi connectivity index (χ0) is 18.1. The van der Waals surface area contributed by atoms with Crippen LogP contribution >= 0.6 is 0 Å². The van der Waals surface area contributed by atoms with Crippen molar-refractivity contribution in [1.82, 2.24) is 9.24 Å². The Labute approximate surface area is 149 Å². The summed E-state index contributed by atoms with van der Waals surface area (Å²) < 4.78 is 24.9. The molecule has 26 heavy (non-hydrogen) atoms. The lowest BCUT2D eigenvalue weighted by molar-refractivity contribution is 0.0602. The number of fused-ring (bicyclic) bond motifs is 1. The highest BCUT2D eigenvalue weighted by atomic mass is 19.1. The van der Waals surface area contributed by atoms with Crippen LogP contribution in [0, 0.1) is 5.82 Å². The van der Waals surface area contributed by atoms with Crippen molar-refractivity contribution < 1.29 is 13.9 Å².